The molecule has 1 aromatic rings. The van der Waals surface area contributed by atoms with Crippen molar-refractivity contribution in [1.82, 2.24) is 5.32 Å². The Morgan fingerprint density at radius 2 is 2.19 bits per heavy atom. The van der Waals surface area contributed by atoms with Crippen molar-refractivity contribution in [3.05, 3.63) is 29.6 Å². The van der Waals surface area contributed by atoms with Crippen LogP contribution in [0.2, 0.25) is 0 Å². The number of hydrogen-bond donors (Lipinski definition) is 2. The molecular formula is C11H14FNO3. The summed E-state index contributed by atoms with van der Waals surface area (Å²) in [4.78, 5) is 11.2. The molecular weight excluding hydrogens is 213 g/mol. The third-order valence-corrected chi connectivity index (χ3v) is 2.62. The topological polar surface area (TPSA) is 58.6 Å². The van der Waals surface area contributed by atoms with Crippen molar-refractivity contribution in [3.8, 4) is 5.75 Å². The average molecular weight is 227 g/mol. The molecule has 0 heterocycles. The summed E-state index contributed by atoms with van der Waals surface area (Å²) in [5.74, 6) is -1.57. The average Bonchev–Trinajstić information content (AvgIpc) is 2.27. The van der Waals surface area contributed by atoms with Crippen LogP contribution in [0.3, 0.4) is 0 Å². The van der Waals surface area contributed by atoms with E-state index in [4.69, 9.17) is 9.84 Å². The Morgan fingerprint density at radius 1 is 1.56 bits per heavy atom. The quantitative estimate of drug-likeness (QED) is 0.815. The lowest BCUT2D eigenvalue weighted by Crippen LogP contribution is -2.45. The summed E-state index contributed by atoms with van der Waals surface area (Å²) in [5, 5.41) is 11.7. The SMILES string of the molecule is CNC(C)(C(=O)O)c1c(F)cccc1OC. The lowest BCUT2D eigenvalue weighted by Gasteiger charge is -2.26. The van der Waals surface area contributed by atoms with Crippen molar-refractivity contribution < 1.29 is 19.0 Å². The Bertz CT molecular complexity index is 408. The first-order chi connectivity index (χ1) is 7.47. The van der Waals surface area contributed by atoms with Gasteiger partial charge in [-0.2, -0.15) is 0 Å². The fourth-order valence-electron chi connectivity index (χ4n) is 1.50. The molecule has 0 bridgehead atoms. The molecule has 0 aliphatic carbocycles. The van der Waals surface area contributed by atoms with Crippen molar-refractivity contribution in [1.29, 1.82) is 0 Å². The van der Waals surface area contributed by atoms with E-state index in [1.807, 2.05) is 0 Å². The van der Waals surface area contributed by atoms with Crippen LogP contribution in [-0.4, -0.2) is 25.2 Å². The van der Waals surface area contributed by atoms with Gasteiger partial charge in [-0.25, -0.2) is 9.18 Å². The summed E-state index contributed by atoms with van der Waals surface area (Å²) in [6.45, 7) is 1.39. The Labute approximate surface area is 93.0 Å². The minimum atomic E-state index is -1.52. The predicted molar refractivity (Wildman–Crippen MR) is 57.0 cm³/mol. The molecule has 0 fully saturated rings. The summed E-state index contributed by atoms with van der Waals surface area (Å²) in [5.41, 5.74) is -1.52. The number of carboxylic acids is 1. The zero-order chi connectivity index (χ0) is 12.3. The second-order valence-electron chi connectivity index (χ2n) is 3.50. The monoisotopic (exact) mass is 227 g/mol. The van der Waals surface area contributed by atoms with Crippen LogP contribution < -0.4 is 10.1 Å². The van der Waals surface area contributed by atoms with Gasteiger partial charge < -0.3 is 15.2 Å². The molecule has 5 heteroatoms. The van der Waals surface area contributed by atoms with E-state index in [1.165, 1.54) is 39.3 Å². The van der Waals surface area contributed by atoms with Crippen LogP contribution in [0.5, 0.6) is 5.75 Å². The number of carboxylic acid groups (broad SMARTS) is 1. The molecule has 0 aromatic heterocycles. The maximum atomic E-state index is 13.7. The van der Waals surface area contributed by atoms with Gasteiger partial charge in [-0.15, -0.1) is 0 Å². The van der Waals surface area contributed by atoms with E-state index in [-0.39, 0.29) is 11.3 Å². The lowest BCUT2D eigenvalue weighted by atomic mass is 9.91. The van der Waals surface area contributed by atoms with Crippen molar-refractivity contribution in [2.24, 2.45) is 0 Å². The number of halogens is 1. The summed E-state index contributed by atoms with van der Waals surface area (Å²) in [6, 6.07) is 4.20. The van der Waals surface area contributed by atoms with Gasteiger partial charge in [0.1, 0.15) is 17.1 Å². The van der Waals surface area contributed by atoms with Crippen LogP contribution in [0.4, 0.5) is 4.39 Å². The molecule has 1 unspecified atom stereocenters. The second kappa shape index (κ2) is 4.49. The van der Waals surface area contributed by atoms with Crippen molar-refractivity contribution in [2.75, 3.05) is 14.2 Å². The molecule has 0 saturated heterocycles. The van der Waals surface area contributed by atoms with Crippen LogP contribution in [0.1, 0.15) is 12.5 Å². The molecule has 0 saturated carbocycles. The highest BCUT2D eigenvalue weighted by Gasteiger charge is 2.38. The Hall–Kier alpha value is -1.62. The van der Waals surface area contributed by atoms with Gasteiger partial charge in [-0.1, -0.05) is 6.07 Å². The second-order valence-corrected chi connectivity index (χ2v) is 3.50. The predicted octanol–water partition coefficient (Wildman–Crippen LogP) is 1.35. The van der Waals surface area contributed by atoms with E-state index in [0.717, 1.165) is 0 Å². The molecule has 0 aliphatic heterocycles. The van der Waals surface area contributed by atoms with Crippen LogP contribution >= 0.6 is 0 Å². The van der Waals surface area contributed by atoms with Crippen molar-refractivity contribution in [2.45, 2.75) is 12.5 Å². The van der Waals surface area contributed by atoms with E-state index in [2.05, 4.69) is 5.32 Å². The smallest absolute Gasteiger partial charge is 0.328 e. The third-order valence-electron chi connectivity index (χ3n) is 2.62. The highest BCUT2D eigenvalue weighted by atomic mass is 19.1. The number of benzene rings is 1. The molecule has 0 radical (unpaired) electrons. The fraction of sp³-hybridized carbons (Fsp3) is 0.364. The number of aliphatic carboxylic acids is 1. The van der Waals surface area contributed by atoms with Crippen molar-refractivity contribution >= 4 is 5.97 Å². The van der Waals surface area contributed by atoms with Gasteiger partial charge in [-0.05, 0) is 26.1 Å². The van der Waals surface area contributed by atoms with Gasteiger partial charge in [0.05, 0.1) is 12.7 Å². The van der Waals surface area contributed by atoms with Gasteiger partial charge in [0.15, 0.2) is 0 Å². The third kappa shape index (κ3) is 1.86. The van der Waals surface area contributed by atoms with E-state index in [0.29, 0.717) is 0 Å². The zero-order valence-corrected chi connectivity index (χ0v) is 9.37. The first-order valence-electron chi connectivity index (χ1n) is 4.72. The Kier molecular flexibility index (Phi) is 3.49. The van der Waals surface area contributed by atoms with Gasteiger partial charge in [0, 0.05) is 0 Å². The summed E-state index contributed by atoms with van der Waals surface area (Å²) >= 11 is 0. The number of hydrogen-bond acceptors (Lipinski definition) is 3. The molecule has 1 rings (SSSR count). The number of nitrogens with one attached hydrogen (secondary N) is 1. The minimum absolute atomic E-state index is 0.00694. The van der Waals surface area contributed by atoms with E-state index >= 15 is 0 Å². The van der Waals surface area contributed by atoms with E-state index in [9.17, 15) is 9.18 Å². The van der Waals surface area contributed by atoms with Gasteiger partial charge in [0.25, 0.3) is 0 Å². The highest BCUT2D eigenvalue weighted by molar-refractivity contribution is 5.81. The molecule has 1 atom stereocenters. The van der Waals surface area contributed by atoms with Crippen LogP contribution in [0.25, 0.3) is 0 Å². The molecule has 0 spiro atoms. The number of methoxy groups -OCH3 is 1. The number of carbonyl (C=O) groups is 1. The number of likely N-dealkylation sites (N-methyl/N-ethyl adjacent to an activating group) is 1. The fourth-order valence-corrected chi connectivity index (χ4v) is 1.50. The molecule has 0 aliphatic rings. The first kappa shape index (κ1) is 12.4. The molecule has 0 amide bonds. The molecule has 88 valence electrons. The van der Waals surface area contributed by atoms with Gasteiger partial charge >= 0.3 is 5.97 Å². The normalized spacial score (nSPS) is 14.2. The van der Waals surface area contributed by atoms with Gasteiger partial charge in [-0.3, -0.25) is 0 Å². The van der Waals surface area contributed by atoms with Crippen LogP contribution in [-0.2, 0) is 10.3 Å². The molecule has 2 N–H and O–H groups in total. The van der Waals surface area contributed by atoms with E-state index in [1.54, 1.807) is 0 Å². The summed E-state index contributed by atoms with van der Waals surface area (Å²) in [6.07, 6.45) is 0. The standard InChI is InChI=1S/C11H14FNO3/c1-11(13-2,10(14)15)9-7(12)5-4-6-8(9)16-3/h4-6,13H,1-3H3,(H,14,15). The van der Waals surface area contributed by atoms with E-state index < -0.39 is 17.3 Å². The minimum Gasteiger partial charge on any atom is -0.496 e. The zero-order valence-electron chi connectivity index (χ0n) is 9.37. The number of ether oxygens (including phenoxy) is 1. The lowest BCUT2D eigenvalue weighted by molar-refractivity contribution is -0.144. The van der Waals surface area contributed by atoms with Crippen LogP contribution in [0.15, 0.2) is 18.2 Å². The largest absolute Gasteiger partial charge is 0.496 e. The van der Waals surface area contributed by atoms with Crippen molar-refractivity contribution in [3.63, 3.8) is 0 Å². The maximum absolute atomic E-state index is 13.7. The molecule has 16 heavy (non-hydrogen) atoms. The maximum Gasteiger partial charge on any atom is 0.328 e. The molecule has 1 aromatic carbocycles. The Balaban J connectivity index is 3.45. The summed E-state index contributed by atoms with van der Waals surface area (Å²) < 4.78 is 18.7. The Morgan fingerprint density at radius 3 is 2.62 bits per heavy atom. The molecule has 4 nitrogen and oxygen atoms in total. The highest BCUT2D eigenvalue weighted by Crippen LogP contribution is 2.32. The summed E-state index contributed by atoms with van der Waals surface area (Å²) in [7, 11) is 2.83. The first-order valence-corrected chi connectivity index (χ1v) is 4.72. The van der Waals surface area contributed by atoms with Crippen LogP contribution in [0, 0.1) is 5.82 Å². The van der Waals surface area contributed by atoms with Gasteiger partial charge in [0.2, 0.25) is 0 Å². The number of rotatable bonds is 4.